The predicted molar refractivity (Wildman–Crippen MR) is 63.7 cm³/mol. The summed E-state index contributed by atoms with van der Waals surface area (Å²) in [4.78, 5) is 22.5. The van der Waals surface area contributed by atoms with E-state index in [9.17, 15) is 27.9 Å². The fourth-order valence-corrected chi connectivity index (χ4v) is 1.42. The van der Waals surface area contributed by atoms with Gasteiger partial charge in [-0.3, -0.25) is 4.79 Å². The van der Waals surface area contributed by atoms with Crippen molar-refractivity contribution in [3.05, 3.63) is 29.8 Å². The quantitative estimate of drug-likeness (QED) is 0.758. The molecular formula is C12H12F3NO5. The van der Waals surface area contributed by atoms with Crippen LogP contribution in [0.2, 0.25) is 0 Å². The second-order valence-electron chi connectivity index (χ2n) is 4.10. The van der Waals surface area contributed by atoms with Crippen LogP contribution in [0.4, 0.5) is 13.2 Å². The Balaban J connectivity index is 2.77. The minimum atomic E-state index is -4.84. The second kappa shape index (κ2) is 6.44. The molecule has 0 aliphatic carbocycles. The van der Waals surface area contributed by atoms with E-state index in [-0.39, 0.29) is 5.56 Å². The summed E-state index contributed by atoms with van der Waals surface area (Å²) in [5, 5.41) is 20.0. The van der Waals surface area contributed by atoms with Crippen LogP contribution in [0.5, 0.6) is 5.75 Å². The second-order valence-corrected chi connectivity index (χ2v) is 4.10. The molecule has 0 aliphatic rings. The van der Waals surface area contributed by atoms with E-state index in [1.807, 2.05) is 5.32 Å². The first-order valence-corrected chi connectivity index (χ1v) is 5.67. The minimum absolute atomic E-state index is 0.0728. The first-order chi connectivity index (χ1) is 9.60. The number of amides is 1. The zero-order valence-corrected chi connectivity index (χ0v) is 10.7. The van der Waals surface area contributed by atoms with Gasteiger partial charge < -0.3 is 20.3 Å². The lowest BCUT2D eigenvalue weighted by Gasteiger charge is -2.17. The third-order valence-corrected chi connectivity index (χ3v) is 2.39. The van der Waals surface area contributed by atoms with Gasteiger partial charge in [0.1, 0.15) is 5.75 Å². The average Bonchev–Trinajstić information content (AvgIpc) is 2.33. The number of hydrogen-bond acceptors (Lipinski definition) is 4. The van der Waals surface area contributed by atoms with Crippen LogP contribution in [-0.4, -0.2) is 40.6 Å². The molecule has 2 atom stereocenters. The molecule has 0 bridgehead atoms. The molecule has 0 radical (unpaired) electrons. The van der Waals surface area contributed by atoms with E-state index in [4.69, 9.17) is 5.11 Å². The Morgan fingerprint density at radius 3 is 2.14 bits per heavy atom. The van der Waals surface area contributed by atoms with E-state index < -0.39 is 36.1 Å². The Hall–Kier alpha value is -2.29. The lowest BCUT2D eigenvalue weighted by Crippen LogP contribution is -2.47. The number of benzene rings is 1. The summed E-state index contributed by atoms with van der Waals surface area (Å²) in [6.45, 7) is 1.18. The van der Waals surface area contributed by atoms with Crippen LogP contribution >= 0.6 is 0 Å². The summed E-state index contributed by atoms with van der Waals surface area (Å²) in [6.07, 6.45) is -6.18. The summed E-state index contributed by atoms with van der Waals surface area (Å²) in [7, 11) is 0. The SMILES string of the molecule is C[C@@H](O)[C@H](NC(=O)c1ccc(OC(F)(F)F)cc1)C(=O)O. The number of aliphatic hydroxyl groups excluding tert-OH is 1. The minimum Gasteiger partial charge on any atom is -0.480 e. The van der Waals surface area contributed by atoms with Gasteiger partial charge >= 0.3 is 12.3 Å². The van der Waals surface area contributed by atoms with Crippen molar-refractivity contribution in [2.24, 2.45) is 0 Å². The zero-order valence-electron chi connectivity index (χ0n) is 10.7. The number of ether oxygens (including phenoxy) is 1. The summed E-state index contributed by atoms with van der Waals surface area (Å²) in [5.74, 6) is -2.79. The number of halogens is 3. The van der Waals surface area contributed by atoms with Crippen molar-refractivity contribution in [3.8, 4) is 5.75 Å². The van der Waals surface area contributed by atoms with Gasteiger partial charge in [-0.15, -0.1) is 13.2 Å². The molecule has 1 aromatic rings. The lowest BCUT2D eigenvalue weighted by molar-refractivity contribution is -0.274. The highest BCUT2D eigenvalue weighted by Crippen LogP contribution is 2.22. The third kappa shape index (κ3) is 5.30. The Morgan fingerprint density at radius 1 is 1.24 bits per heavy atom. The van der Waals surface area contributed by atoms with Crippen molar-refractivity contribution in [2.45, 2.75) is 25.4 Å². The third-order valence-electron chi connectivity index (χ3n) is 2.39. The first kappa shape index (κ1) is 16.8. The number of carboxylic acid groups (broad SMARTS) is 1. The maximum Gasteiger partial charge on any atom is 0.573 e. The fraction of sp³-hybridized carbons (Fsp3) is 0.333. The van der Waals surface area contributed by atoms with Crippen molar-refractivity contribution < 1.29 is 37.7 Å². The first-order valence-electron chi connectivity index (χ1n) is 5.67. The molecule has 1 aromatic carbocycles. The van der Waals surface area contributed by atoms with Crippen molar-refractivity contribution in [3.63, 3.8) is 0 Å². The summed E-state index contributed by atoms with van der Waals surface area (Å²) in [6, 6.07) is 2.39. The average molecular weight is 307 g/mol. The van der Waals surface area contributed by atoms with Crippen molar-refractivity contribution in [2.75, 3.05) is 0 Å². The fourth-order valence-electron chi connectivity index (χ4n) is 1.42. The summed E-state index contributed by atoms with van der Waals surface area (Å²) in [5.41, 5.74) is -0.0728. The summed E-state index contributed by atoms with van der Waals surface area (Å²) >= 11 is 0. The van der Waals surface area contributed by atoms with Crippen LogP contribution in [0.3, 0.4) is 0 Å². The highest BCUT2D eigenvalue weighted by atomic mass is 19.4. The smallest absolute Gasteiger partial charge is 0.480 e. The van der Waals surface area contributed by atoms with Crippen LogP contribution in [0.25, 0.3) is 0 Å². The van der Waals surface area contributed by atoms with Gasteiger partial charge in [-0.2, -0.15) is 0 Å². The van der Waals surface area contributed by atoms with Gasteiger partial charge in [-0.05, 0) is 31.2 Å². The predicted octanol–water partition coefficient (Wildman–Crippen LogP) is 1.15. The normalized spacial score (nSPS) is 14.1. The van der Waals surface area contributed by atoms with Crippen molar-refractivity contribution in [1.82, 2.24) is 5.32 Å². The van der Waals surface area contributed by atoms with Crippen LogP contribution in [0.15, 0.2) is 24.3 Å². The molecule has 116 valence electrons. The number of hydrogen-bond donors (Lipinski definition) is 3. The number of carbonyl (C=O) groups excluding carboxylic acids is 1. The maximum absolute atomic E-state index is 12.0. The van der Waals surface area contributed by atoms with E-state index >= 15 is 0 Å². The molecule has 3 N–H and O–H groups in total. The molecule has 0 aliphatic heterocycles. The number of carbonyl (C=O) groups is 2. The number of carboxylic acids is 1. The topological polar surface area (TPSA) is 95.9 Å². The van der Waals surface area contributed by atoms with Gasteiger partial charge in [0.25, 0.3) is 5.91 Å². The highest BCUT2D eigenvalue weighted by Gasteiger charge is 2.31. The molecular weight excluding hydrogens is 295 g/mol. The molecule has 0 aromatic heterocycles. The Kier molecular flexibility index (Phi) is 5.14. The lowest BCUT2D eigenvalue weighted by atomic mass is 10.1. The van der Waals surface area contributed by atoms with Gasteiger partial charge in [0.15, 0.2) is 6.04 Å². The molecule has 6 nitrogen and oxygen atoms in total. The van der Waals surface area contributed by atoms with Crippen LogP contribution in [0.1, 0.15) is 17.3 Å². The number of aliphatic hydroxyl groups is 1. The number of alkyl halides is 3. The number of nitrogens with one attached hydrogen (secondary N) is 1. The molecule has 0 saturated carbocycles. The van der Waals surface area contributed by atoms with Gasteiger partial charge in [0.2, 0.25) is 0 Å². The van der Waals surface area contributed by atoms with Crippen molar-refractivity contribution in [1.29, 1.82) is 0 Å². The van der Waals surface area contributed by atoms with Gasteiger partial charge in [0.05, 0.1) is 6.10 Å². The standard InChI is InChI=1S/C12H12F3NO5/c1-6(17)9(11(19)20)16-10(18)7-2-4-8(5-3-7)21-12(13,14)15/h2-6,9,17H,1H3,(H,16,18)(H,19,20)/t6-,9+/m1/s1. The van der Waals surface area contributed by atoms with E-state index in [1.54, 1.807) is 0 Å². The largest absolute Gasteiger partial charge is 0.573 e. The summed E-state index contributed by atoms with van der Waals surface area (Å²) < 4.78 is 39.5. The molecule has 21 heavy (non-hydrogen) atoms. The van der Waals surface area contributed by atoms with E-state index in [1.165, 1.54) is 6.92 Å². The van der Waals surface area contributed by atoms with Gasteiger partial charge in [0, 0.05) is 5.56 Å². The van der Waals surface area contributed by atoms with Crippen LogP contribution in [0, 0.1) is 0 Å². The van der Waals surface area contributed by atoms with Crippen LogP contribution < -0.4 is 10.1 Å². The maximum atomic E-state index is 12.0. The molecule has 0 unspecified atom stereocenters. The molecule has 0 spiro atoms. The Bertz CT molecular complexity index is 513. The Labute approximate surface area is 117 Å². The Morgan fingerprint density at radius 2 is 1.76 bits per heavy atom. The molecule has 0 heterocycles. The van der Waals surface area contributed by atoms with Crippen LogP contribution in [-0.2, 0) is 4.79 Å². The zero-order chi connectivity index (χ0) is 16.2. The molecule has 1 rings (SSSR count). The monoisotopic (exact) mass is 307 g/mol. The molecule has 1 amide bonds. The van der Waals surface area contributed by atoms with Gasteiger partial charge in [-0.25, -0.2) is 4.79 Å². The van der Waals surface area contributed by atoms with Crippen molar-refractivity contribution >= 4 is 11.9 Å². The molecule has 9 heteroatoms. The van der Waals surface area contributed by atoms with Gasteiger partial charge in [-0.1, -0.05) is 0 Å². The molecule has 0 fully saturated rings. The van der Waals surface area contributed by atoms with E-state index in [2.05, 4.69) is 4.74 Å². The van der Waals surface area contributed by atoms with E-state index in [0.717, 1.165) is 24.3 Å². The number of rotatable bonds is 5. The molecule has 0 saturated heterocycles. The number of aliphatic carboxylic acids is 1. The van der Waals surface area contributed by atoms with E-state index in [0.29, 0.717) is 0 Å². The highest BCUT2D eigenvalue weighted by molar-refractivity contribution is 5.96.